The minimum atomic E-state index is -0.360. The maximum absolute atomic E-state index is 12.1. The lowest BCUT2D eigenvalue weighted by Gasteiger charge is -2.03. The van der Waals surface area contributed by atoms with Crippen LogP contribution in [0.2, 0.25) is 5.02 Å². The van der Waals surface area contributed by atoms with Gasteiger partial charge in [-0.15, -0.1) is 11.3 Å². The number of benzene rings is 1. The van der Waals surface area contributed by atoms with Crippen LogP contribution in [0, 0.1) is 0 Å². The van der Waals surface area contributed by atoms with Crippen molar-refractivity contribution in [3.8, 4) is 10.6 Å². The molecule has 0 fully saturated rings. The smallest absolute Gasteiger partial charge is 0.271 e. The first kappa shape index (κ1) is 16.9. The fourth-order valence-corrected chi connectivity index (χ4v) is 3.54. The second kappa shape index (κ2) is 7.29. The lowest BCUT2D eigenvalue weighted by Crippen LogP contribution is -2.21. The summed E-state index contributed by atoms with van der Waals surface area (Å²) in [5.74, 6) is -0.311. The molecule has 2 heterocycles. The quantitative estimate of drug-likeness (QED) is 0.662. The highest BCUT2D eigenvalue weighted by atomic mass is 79.9. The van der Waals surface area contributed by atoms with Crippen molar-refractivity contribution in [3.05, 3.63) is 67.5 Å². The minimum absolute atomic E-state index is 0.0763. The molecule has 0 aliphatic carbocycles. The zero-order chi connectivity index (χ0) is 17.1. The van der Waals surface area contributed by atoms with Crippen molar-refractivity contribution in [2.24, 2.45) is 0 Å². The van der Waals surface area contributed by atoms with E-state index in [-0.39, 0.29) is 23.6 Å². The van der Waals surface area contributed by atoms with Crippen LogP contribution in [0.15, 0.2) is 51.2 Å². The first-order valence-electron chi connectivity index (χ1n) is 6.90. The zero-order valence-electron chi connectivity index (χ0n) is 12.2. The van der Waals surface area contributed by atoms with Crippen LogP contribution in [0.5, 0.6) is 0 Å². The van der Waals surface area contributed by atoms with Gasteiger partial charge in [-0.3, -0.25) is 9.59 Å². The molecule has 24 heavy (non-hydrogen) atoms. The van der Waals surface area contributed by atoms with Gasteiger partial charge in [-0.05, 0) is 28.1 Å². The maximum Gasteiger partial charge on any atom is 0.271 e. The highest BCUT2D eigenvalue weighted by molar-refractivity contribution is 9.10. The standard InChI is InChI=1S/C16H11BrClN3O2S/c17-9-5-13(15(23)19-7-9)21-14(22)6-10-8-24-16(20-10)11-3-1-2-4-12(11)18/h1-5,7-8H,6H2,(H,19,23)(H,21,22). The number of amides is 1. The van der Waals surface area contributed by atoms with Crippen molar-refractivity contribution in [2.75, 3.05) is 5.32 Å². The third-order valence-electron chi connectivity index (χ3n) is 3.14. The molecule has 0 unspecified atom stereocenters. The molecule has 3 rings (SSSR count). The Morgan fingerprint density at radius 3 is 2.96 bits per heavy atom. The van der Waals surface area contributed by atoms with Gasteiger partial charge in [0.05, 0.1) is 17.1 Å². The van der Waals surface area contributed by atoms with Gasteiger partial charge in [0.2, 0.25) is 5.91 Å². The largest absolute Gasteiger partial charge is 0.326 e. The molecule has 1 amide bonds. The topological polar surface area (TPSA) is 74.8 Å². The molecule has 2 aromatic heterocycles. The van der Waals surface area contributed by atoms with E-state index in [0.29, 0.717) is 15.2 Å². The number of halogens is 2. The number of aromatic nitrogens is 2. The Hall–Kier alpha value is -1.96. The van der Waals surface area contributed by atoms with E-state index in [2.05, 4.69) is 31.2 Å². The Kier molecular flexibility index (Phi) is 5.13. The van der Waals surface area contributed by atoms with Crippen molar-refractivity contribution in [1.82, 2.24) is 9.97 Å². The molecular weight excluding hydrogens is 414 g/mol. The van der Waals surface area contributed by atoms with Crippen LogP contribution in [-0.2, 0) is 11.2 Å². The lowest BCUT2D eigenvalue weighted by molar-refractivity contribution is -0.115. The molecule has 0 saturated carbocycles. The summed E-state index contributed by atoms with van der Waals surface area (Å²) in [5, 5.41) is 5.76. The number of aromatic amines is 1. The van der Waals surface area contributed by atoms with Gasteiger partial charge in [-0.1, -0.05) is 29.8 Å². The Morgan fingerprint density at radius 2 is 2.17 bits per heavy atom. The van der Waals surface area contributed by atoms with Gasteiger partial charge in [0.1, 0.15) is 10.7 Å². The Balaban J connectivity index is 1.73. The van der Waals surface area contributed by atoms with Crippen LogP contribution >= 0.6 is 38.9 Å². The number of rotatable bonds is 4. The Labute approximate surface area is 154 Å². The number of anilines is 1. The van der Waals surface area contributed by atoms with Crippen LogP contribution in [0.25, 0.3) is 10.6 Å². The molecule has 0 aliphatic heterocycles. The van der Waals surface area contributed by atoms with Gasteiger partial charge in [-0.2, -0.15) is 0 Å². The number of carbonyl (C=O) groups excluding carboxylic acids is 1. The highest BCUT2D eigenvalue weighted by Gasteiger charge is 2.12. The Morgan fingerprint density at radius 1 is 1.38 bits per heavy atom. The molecule has 0 saturated heterocycles. The number of pyridine rings is 1. The number of hydrogen-bond acceptors (Lipinski definition) is 4. The van der Waals surface area contributed by atoms with Gasteiger partial charge in [-0.25, -0.2) is 4.98 Å². The van der Waals surface area contributed by atoms with Crippen LogP contribution < -0.4 is 10.9 Å². The van der Waals surface area contributed by atoms with Gasteiger partial charge in [0.25, 0.3) is 5.56 Å². The van der Waals surface area contributed by atoms with Gasteiger partial charge in [0.15, 0.2) is 0 Å². The van der Waals surface area contributed by atoms with Crippen LogP contribution in [-0.4, -0.2) is 15.9 Å². The van der Waals surface area contributed by atoms with Gasteiger partial charge >= 0.3 is 0 Å². The Bertz CT molecular complexity index is 954. The molecule has 0 radical (unpaired) electrons. The van der Waals surface area contributed by atoms with E-state index in [1.807, 2.05) is 23.6 Å². The average molecular weight is 425 g/mol. The molecule has 0 aliphatic rings. The number of nitrogens with one attached hydrogen (secondary N) is 2. The van der Waals surface area contributed by atoms with E-state index in [1.54, 1.807) is 12.1 Å². The van der Waals surface area contributed by atoms with E-state index in [1.165, 1.54) is 17.5 Å². The number of nitrogens with zero attached hydrogens (tertiary/aromatic N) is 1. The fourth-order valence-electron chi connectivity index (χ4n) is 2.06. The third-order valence-corrected chi connectivity index (χ3v) is 4.85. The molecular formula is C16H11BrClN3O2S. The van der Waals surface area contributed by atoms with Crippen LogP contribution in [0.1, 0.15) is 5.69 Å². The van der Waals surface area contributed by atoms with Crippen molar-refractivity contribution >= 4 is 50.5 Å². The van der Waals surface area contributed by atoms with Crippen molar-refractivity contribution in [3.63, 3.8) is 0 Å². The number of thiazole rings is 1. The second-order valence-electron chi connectivity index (χ2n) is 4.91. The average Bonchev–Trinajstić information content (AvgIpc) is 2.99. The minimum Gasteiger partial charge on any atom is -0.326 e. The molecule has 0 bridgehead atoms. The predicted molar refractivity (Wildman–Crippen MR) is 99.7 cm³/mol. The molecule has 0 atom stereocenters. The first-order valence-corrected chi connectivity index (χ1v) is 8.95. The molecule has 0 spiro atoms. The second-order valence-corrected chi connectivity index (χ2v) is 7.09. The van der Waals surface area contributed by atoms with Crippen LogP contribution in [0.3, 0.4) is 0 Å². The summed E-state index contributed by atoms with van der Waals surface area (Å²) in [6.07, 6.45) is 1.58. The summed E-state index contributed by atoms with van der Waals surface area (Å²) in [4.78, 5) is 30.7. The normalized spacial score (nSPS) is 10.6. The van der Waals surface area contributed by atoms with Crippen molar-refractivity contribution < 1.29 is 4.79 Å². The summed E-state index contributed by atoms with van der Waals surface area (Å²) in [6, 6.07) is 8.96. The summed E-state index contributed by atoms with van der Waals surface area (Å²) in [5.41, 5.74) is 1.29. The number of carbonyl (C=O) groups is 1. The van der Waals surface area contributed by atoms with Gasteiger partial charge in [0, 0.05) is 21.6 Å². The molecule has 3 aromatic rings. The number of hydrogen-bond donors (Lipinski definition) is 2. The first-order chi connectivity index (χ1) is 11.5. The van der Waals surface area contributed by atoms with Crippen molar-refractivity contribution in [2.45, 2.75) is 6.42 Å². The van der Waals surface area contributed by atoms with E-state index >= 15 is 0 Å². The van der Waals surface area contributed by atoms with E-state index < -0.39 is 0 Å². The SMILES string of the molecule is O=C(Cc1csc(-c2ccccc2Cl)n1)Nc1cc(Br)c[nH]c1=O. The van der Waals surface area contributed by atoms with Crippen LogP contribution in [0.4, 0.5) is 5.69 Å². The molecule has 2 N–H and O–H groups in total. The van der Waals surface area contributed by atoms with Gasteiger partial charge < -0.3 is 10.3 Å². The molecule has 5 nitrogen and oxygen atoms in total. The predicted octanol–water partition coefficient (Wildman–Crippen LogP) is 4.10. The third kappa shape index (κ3) is 3.92. The highest BCUT2D eigenvalue weighted by Crippen LogP contribution is 2.30. The van der Waals surface area contributed by atoms with E-state index in [0.717, 1.165) is 10.6 Å². The molecule has 1 aromatic carbocycles. The molecule has 122 valence electrons. The summed E-state index contributed by atoms with van der Waals surface area (Å²) in [7, 11) is 0. The van der Waals surface area contributed by atoms with E-state index in [4.69, 9.17) is 11.6 Å². The molecule has 8 heteroatoms. The fraction of sp³-hybridized carbons (Fsp3) is 0.0625. The van der Waals surface area contributed by atoms with E-state index in [9.17, 15) is 9.59 Å². The zero-order valence-corrected chi connectivity index (χ0v) is 15.3. The summed E-state index contributed by atoms with van der Waals surface area (Å²) in [6.45, 7) is 0. The summed E-state index contributed by atoms with van der Waals surface area (Å²) >= 11 is 10.8. The lowest BCUT2D eigenvalue weighted by atomic mass is 10.2. The maximum atomic E-state index is 12.1. The monoisotopic (exact) mass is 423 g/mol. The van der Waals surface area contributed by atoms with Crippen molar-refractivity contribution in [1.29, 1.82) is 0 Å². The number of H-pyrrole nitrogens is 1. The summed E-state index contributed by atoms with van der Waals surface area (Å²) < 4.78 is 0.673.